The maximum absolute atomic E-state index is 12.5. The molecule has 0 aromatic carbocycles. The Morgan fingerprint density at radius 3 is 2.68 bits per heavy atom. The summed E-state index contributed by atoms with van der Waals surface area (Å²) >= 11 is 0. The average molecular weight is 265 g/mol. The van der Waals surface area contributed by atoms with E-state index < -0.39 is 6.10 Å². The predicted octanol–water partition coefficient (Wildman–Crippen LogP) is 1.31. The largest absolute Gasteiger partial charge is 0.391 e. The van der Waals surface area contributed by atoms with Crippen LogP contribution in [0.5, 0.6) is 0 Å². The number of amides is 1. The molecule has 1 aromatic rings. The van der Waals surface area contributed by atoms with Crippen LogP contribution in [0.1, 0.15) is 49.8 Å². The summed E-state index contributed by atoms with van der Waals surface area (Å²) in [5, 5.41) is 14.1. The van der Waals surface area contributed by atoms with Crippen molar-refractivity contribution in [3.05, 3.63) is 17.5 Å². The molecule has 1 amide bonds. The van der Waals surface area contributed by atoms with Crippen LogP contribution >= 0.6 is 0 Å². The number of carbonyl (C=O) groups is 1. The Kier molecular flexibility index (Phi) is 3.67. The van der Waals surface area contributed by atoms with E-state index in [-0.39, 0.29) is 11.3 Å². The van der Waals surface area contributed by atoms with E-state index in [1.54, 1.807) is 16.6 Å². The van der Waals surface area contributed by atoms with Crippen LogP contribution in [0.15, 0.2) is 6.07 Å². The molecular weight excluding hydrogens is 242 g/mol. The summed E-state index contributed by atoms with van der Waals surface area (Å²) < 4.78 is 1.64. The maximum Gasteiger partial charge on any atom is 0.272 e. The van der Waals surface area contributed by atoms with Crippen molar-refractivity contribution in [2.75, 3.05) is 13.1 Å². The number of hydrogen-bond donors (Lipinski definition) is 1. The van der Waals surface area contributed by atoms with Crippen LogP contribution in [0.2, 0.25) is 0 Å². The number of β-amino-alcohol motifs (C(OH)–C–C–N with tert-alkyl or cyclic N) is 1. The molecule has 1 N–H and O–H groups in total. The SMILES string of the molecule is Cn1nc(C(C)(C)C)cc1C(=O)N1CCCC(O)C1. The minimum atomic E-state index is -0.395. The second-order valence-electron chi connectivity index (χ2n) is 6.34. The Morgan fingerprint density at radius 1 is 1.47 bits per heavy atom. The topological polar surface area (TPSA) is 58.4 Å². The van der Waals surface area contributed by atoms with Crippen molar-refractivity contribution in [2.24, 2.45) is 7.05 Å². The first kappa shape index (κ1) is 14.1. The number of aromatic nitrogens is 2. The fourth-order valence-corrected chi connectivity index (χ4v) is 2.34. The van der Waals surface area contributed by atoms with Gasteiger partial charge in [-0.05, 0) is 18.9 Å². The smallest absolute Gasteiger partial charge is 0.272 e. The van der Waals surface area contributed by atoms with Crippen molar-refractivity contribution in [3.8, 4) is 0 Å². The standard InChI is InChI=1S/C14H23N3O2/c1-14(2,3)12-8-11(16(4)15-12)13(19)17-7-5-6-10(18)9-17/h8,10,18H,5-7,9H2,1-4H3. The Morgan fingerprint density at radius 2 is 2.16 bits per heavy atom. The lowest BCUT2D eigenvalue weighted by Crippen LogP contribution is -2.42. The number of carbonyl (C=O) groups excluding carboxylic acids is 1. The highest BCUT2D eigenvalue weighted by atomic mass is 16.3. The number of aliphatic hydroxyl groups excluding tert-OH is 1. The summed E-state index contributed by atoms with van der Waals surface area (Å²) in [7, 11) is 1.79. The Hall–Kier alpha value is -1.36. The fraction of sp³-hybridized carbons (Fsp3) is 0.714. The maximum atomic E-state index is 12.5. The molecule has 5 nitrogen and oxygen atoms in total. The molecule has 1 atom stereocenters. The summed E-state index contributed by atoms with van der Waals surface area (Å²) in [4.78, 5) is 14.2. The molecule has 0 saturated carbocycles. The third-order valence-corrected chi connectivity index (χ3v) is 3.55. The molecule has 1 aliphatic heterocycles. The number of aryl methyl sites for hydroxylation is 1. The van der Waals surface area contributed by atoms with Crippen molar-refractivity contribution in [1.82, 2.24) is 14.7 Å². The van der Waals surface area contributed by atoms with Crippen molar-refractivity contribution in [3.63, 3.8) is 0 Å². The number of rotatable bonds is 1. The number of nitrogens with zero attached hydrogens (tertiary/aromatic N) is 3. The molecule has 0 spiro atoms. The molecular formula is C14H23N3O2. The van der Waals surface area contributed by atoms with Gasteiger partial charge in [0.25, 0.3) is 5.91 Å². The zero-order valence-electron chi connectivity index (χ0n) is 12.2. The molecule has 2 rings (SSSR count). The summed E-state index contributed by atoms with van der Waals surface area (Å²) in [5.41, 5.74) is 1.44. The average Bonchev–Trinajstić information content (AvgIpc) is 2.70. The van der Waals surface area contributed by atoms with Crippen molar-refractivity contribution in [1.29, 1.82) is 0 Å². The van der Waals surface area contributed by atoms with E-state index >= 15 is 0 Å². The highest BCUT2D eigenvalue weighted by molar-refractivity contribution is 5.92. The Bertz CT molecular complexity index is 474. The lowest BCUT2D eigenvalue weighted by Gasteiger charge is -2.29. The molecule has 19 heavy (non-hydrogen) atoms. The van der Waals surface area contributed by atoms with Crippen molar-refractivity contribution < 1.29 is 9.90 Å². The molecule has 2 heterocycles. The van der Waals surface area contributed by atoms with Gasteiger partial charge in [-0.2, -0.15) is 5.10 Å². The van der Waals surface area contributed by atoms with E-state index in [2.05, 4.69) is 25.9 Å². The molecule has 1 unspecified atom stereocenters. The van der Waals surface area contributed by atoms with Crippen LogP contribution < -0.4 is 0 Å². The van der Waals surface area contributed by atoms with Gasteiger partial charge in [-0.3, -0.25) is 9.48 Å². The lowest BCUT2D eigenvalue weighted by atomic mass is 9.92. The van der Waals surface area contributed by atoms with Crippen LogP contribution in [0, 0.1) is 0 Å². The van der Waals surface area contributed by atoms with Crippen LogP contribution in [-0.2, 0) is 12.5 Å². The minimum Gasteiger partial charge on any atom is -0.391 e. The molecule has 5 heteroatoms. The summed E-state index contributed by atoms with van der Waals surface area (Å²) in [6.07, 6.45) is 1.24. The van der Waals surface area contributed by atoms with Gasteiger partial charge in [0.1, 0.15) is 5.69 Å². The van der Waals surface area contributed by atoms with Gasteiger partial charge in [0.05, 0.1) is 11.8 Å². The molecule has 1 aromatic heterocycles. The van der Waals surface area contributed by atoms with Crippen LogP contribution in [0.4, 0.5) is 0 Å². The van der Waals surface area contributed by atoms with E-state index in [4.69, 9.17) is 0 Å². The Labute approximate surface area is 114 Å². The first-order valence-corrected chi connectivity index (χ1v) is 6.81. The zero-order valence-corrected chi connectivity index (χ0v) is 12.2. The molecule has 0 bridgehead atoms. The molecule has 1 saturated heterocycles. The summed E-state index contributed by atoms with van der Waals surface area (Å²) in [5.74, 6) is -0.0377. The summed E-state index contributed by atoms with van der Waals surface area (Å²) in [6.45, 7) is 7.37. The minimum absolute atomic E-state index is 0.0377. The first-order valence-electron chi connectivity index (χ1n) is 6.81. The van der Waals surface area contributed by atoms with E-state index in [1.165, 1.54) is 0 Å². The molecule has 1 aliphatic rings. The normalized spacial score (nSPS) is 20.7. The molecule has 0 radical (unpaired) electrons. The monoisotopic (exact) mass is 265 g/mol. The van der Waals surface area contributed by atoms with Gasteiger partial charge in [-0.15, -0.1) is 0 Å². The van der Waals surface area contributed by atoms with Gasteiger partial charge in [0.15, 0.2) is 0 Å². The quantitative estimate of drug-likeness (QED) is 0.833. The zero-order chi connectivity index (χ0) is 14.2. The van der Waals surface area contributed by atoms with E-state index in [1.807, 2.05) is 6.07 Å². The molecule has 0 aliphatic carbocycles. The predicted molar refractivity (Wildman–Crippen MR) is 73.1 cm³/mol. The number of likely N-dealkylation sites (tertiary alicyclic amines) is 1. The van der Waals surface area contributed by atoms with Crippen LogP contribution in [0.3, 0.4) is 0 Å². The van der Waals surface area contributed by atoms with Gasteiger partial charge in [-0.1, -0.05) is 20.8 Å². The highest BCUT2D eigenvalue weighted by Crippen LogP contribution is 2.22. The van der Waals surface area contributed by atoms with Crippen molar-refractivity contribution >= 4 is 5.91 Å². The third kappa shape index (κ3) is 2.97. The van der Waals surface area contributed by atoms with Crippen molar-refractivity contribution in [2.45, 2.75) is 45.1 Å². The van der Waals surface area contributed by atoms with Crippen LogP contribution in [0.25, 0.3) is 0 Å². The Balaban J connectivity index is 2.22. The highest BCUT2D eigenvalue weighted by Gasteiger charge is 2.27. The molecule has 1 fully saturated rings. The fourth-order valence-electron chi connectivity index (χ4n) is 2.34. The number of aliphatic hydroxyl groups is 1. The lowest BCUT2D eigenvalue weighted by molar-refractivity contribution is 0.0465. The number of piperidine rings is 1. The van der Waals surface area contributed by atoms with Gasteiger partial charge < -0.3 is 10.0 Å². The van der Waals surface area contributed by atoms with E-state index in [0.29, 0.717) is 18.8 Å². The second kappa shape index (κ2) is 4.96. The third-order valence-electron chi connectivity index (χ3n) is 3.55. The van der Waals surface area contributed by atoms with Gasteiger partial charge >= 0.3 is 0 Å². The van der Waals surface area contributed by atoms with Gasteiger partial charge in [0, 0.05) is 25.6 Å². The molecule has 106 valence electrons. The van der Waals surface area contributed by atoms with Gasteiger partial charge in [0.2, 0.25) is 0 Å². The van der Waals surface area contributed by atoms with Gasteiger partial charge in [-0.25, -0.2) is 0 Å². The first-order chi connectivity index (χ1) is 8.79. The summed E-state index contributed by atoms with van der Waals surface area (Å²) in [6, 6.07) is 1.86. The van der Waals surface area contributed by atoms with E-state index in [9.17, 15) is 9.90 Å². The second-order valence-corrected chi connectivity index (χ2v) is 6.34. The van der Waals surface area contributed by atoms with Crippen LogP contribution in [-0.4, -0.2) is 44.9 Å². The van der Waals surface area contributed by atoms with E-state index in [0.717, 1.165) is 18.5 Å². The number of hydrogen-bond acceptors (Lipinski definition) is 3.